The molecule has 0 fully saturated rings. The number of hydrogen-bond donors (Lipinski definition) is 0. The second-order valence-electron chi connectivity index (χ2n) is 11.9. The molecule has 0 radical (unpaired) electrons. The van der Waals surface area contributed by atoms with E-state index in [2.05, 4.69) is 13.8 Å². The first-order valence-corrected chi connectivity index (χ1v) is 16.3. The first kappa shape index (κ1) is 31.2. The molecule has 0 amide bonds. The molecular formula is C38H30N8NiO2. The van der Waals surface area contributed by atoms with Crippen molar-refractivity contribution in [1.29, 1.82) is 0 Å². The summed E-state index contributed by atoms with van der Waals surface area (Å²) in [5, 5.41) is 3.33. The van der Waals surface area contributed by atoms with Gasteiger partial charge in [-0.05, 0) is 34.4 Å². The molecule has 2 atom stereocenters. The fourth-order valence-corrected chi connectivity index (χ4v) is 6.58. The summed E-state index contributed by atoms with van der Waals surface area (Å²) < 4.78 is 13.1. The molecule has 3 aliphatic rings. The van der Waals surface area contributed by atoms with Crippen molar-refractivity contribution in [2.45, 2.75) is 38.4 Å². The van der Waals surface area contributed by atoms with Crippen LogP contribution in [0.25, 0.3) is 21.5 Å². The second-order valence-corrected chi connectivity index (χ2v) is 11.9. The van der Waals surface area contributed by atoms with Crippen molar-refractivity contribution >= 4 is 33.2 Å². The molecule has 0 N–H and O–H groups in total. The van der Waals surface area contributed by atoms with E-state index in [1.807, 2.05) is 97.1 Å². The molecule has 11 heteroatoms. The van der Waals surface area contributed by atoms with E-state index >= 15 is 0 Å². The van der Waals surface area contributed by atoms with E-state index < -0.39 is 11.7 Å². The molecule has 2 aromatic heterocycles. The van der Waals surface area contributed by atoms with Gasteiger partial charge in [0, 0.05) is 44.2 Å². The van der Waals surface area contributed by atoms with Crippen molar-refractivity contribution in [1.82, 2.24) is 9.97 Å². The Balaban J connectivity index is 0.00000348. The van der Waals surface area contributed by atoms with E-state index in [1.165, 1.54) is 0 Å². The SMILES string of the molecule is CCCO[C@@]12N=C(N=c3[n-]/c(c4ccccc34)=N\[C@@]3(OCCC)N=C(N=c4[n-]/c(c5ccccc45)=N\1)c1ccccc13)c1ccccc12.[Ni+2]. The molecule has 10 nitrogen and oxygen atoms in total. The molecule has 49 heavy (non-hydrogen) atoms. The van der Waals surface area contributed by atoms with Crippen LogP contribution in [-0.4, -0.2) is 24.9 Å². The molecule has 0 saturated carbocycles. The number of aliphatic imine (C=N–C) groups is 2. The number of rotatable bonds is 6. The van der Waals surface area contributed by atoms with E-state index in [1.54, 1.807) is 0 Å². The molecule has 0 unspecified atom stereocenters. The summed E-state index contributed by atoms with van der Waals surface area (Å²) in [5.74, 6) is -1.87. The Labute approximate surface area is 291 Å². The van der Waals surface area contributed by atoms with Crippen LogP contribution in [0.1, 0.15) is 48.9 Å². The molecule has 244 valence electrons. The van der Waals surface area contributed by atoms with Gasteiger partial charge in [-0.2, -0.15) is 0 Å². The summed E-state index contributed by atoms with van der Waals surface area (Å²) in [6.07, 6.45) is 1.55. The molecular weight excluding hydrogens is 659 g/mol. The van der Waals surface area contributed by atoms with E-state index in [4.69, 9.17) is 49.4 Å². The third-order valence-electron chi connectivity index (χ3n) is 8.75. The van der Waals surface area contributed by atoms with E-state index in [-0.39, 0.29) is 16.5 Å². The molecule has 5 heterocycles. The summed E-state index contributed by atoms with van der Waals surface area (Å²) in [7, 11) is 0. The van der Waals surface area contributed by atoms with E-state index in [0.29, 0.717) is 46.8 Å². The summed E-state index contributed by atoms with van der Waals surface area (Å²) >= 11 is 0. The van der Waals surface area contributed by atoms with Gasteiger partial charge in [0.1, 0.15) is 0 Å². The van der Waals surface area contributed by atoms with Crippen molar-refractivity contribution in [2.24, 2.45) is 30.0 Å². The summed E-state index contributed by atoms with van der Waals surface area (Å²) in [6, 6.07) is 31.7. The van der Waals surface area contributed by atoms with Crippen molar-refractivity contribution in [3.05, 3.63) is 141 Å². The van der Waals surface area contributed by atoms with Gasteiger partial charge in [-0.1, -0.05) is 111 Å². The minimum absolute atomic E-state index is 0. The van der Waals surface area contributed by atoms with Gasteiger partial charge in [0.25, 0.3) is 0 Å². The third kappa shape index (κ3) is 4.91. The van der Waals surface area contributed by atoms with Gasteiger partial charge < -0.3 is 39.4 Å². The number of aromatic nitrogens is 2. The Morgan fingerprint density at radius 2 is 0.857 bits per heavy atom. The maximum atomic E-state index is 6.56. The first-order valence-electron chi connectivity index (χ1n) is 16.3. The summed E-state index contributed by atoms with van der Waals surface area (Å²) in [5.41, 5.74) is 5.12. The van der Waals surface area contributed by atoms with Crippen molar-refractivity contribution in [2.75, 3.05) is 13.2 Å². The van der Waals surface area contributed by atoms with Gasteiger partial charge in [0.05, 0.1) is 24.9 Å². The maximum Gasteiger partial charge on any atom is 2.00 e. The average molecular weight is 689 g/mol. The molecule has 4 aromatic carbocycles. The number of hydrogen-bond acceptors (Lipinski definition) is 8. The minimum atomic E-state index is -1.40. The van der Waals surface area contributed by atoms with Crippen LogP contribution in [0.4, 0.5) is 0 Å². The molecule has 0 saturated heterocycles. The molecule has 6 aromatic rings. The zero-order chi connectivity index (χ0) is 32.3. The number of fused-ring (bicyclic) bond motifs is 18. The number of benzene rings is 4. The number of amidine groups is 2. The van der Waals surface area contributed by atoms with Crippen LogP contribution in [0, 0.1) is 0 Å². The molecule has 3 aliphatic heterocycles. The Morgan fingerprint density at radius 1 is 0.490 bits per heavy atom. The average Bonchev–Trinajstić information content (AvgIpc) is 3.83. The standard InChI is InChI=1S/C38H30N8O2.Ni/c1-3-21-47-37-29-19-11-9-17-27(29)35(45-37)41-32-24-14-6-8-16-26(24)34(40-32)44-38(48-22-4-2)30-20-12-10-18-28(30)36(46-38)42-31-23-13-5-7-15-25(23)33(39-31)43-37;/h5-20H,3-4,21-22H2,1-2H3;/q-2;+2/t37-,38-;/m1./s1. The molecule has 0 spiro atoms. The molecule has 0 aliphatic carbocycles. The topological polar surface area (TPSA) is 121 Å². The van der Waals surface area contributed by atoms with Crippen LogP contribution < -0.4 is 31.9 Å². The predicted octanol–water partition coefficient (Wildman–Crippen LogP) is 4.09. The van der Waals surface area contributed by atoms with Crippen LogP contribution in [0.3, 0.4) is 0 Å². The normalized spacial score (nSPS) is 21.6. The van der Waals surface area contributed by atoms with Crippen LogP contribution >= 0.6 is 0 Å². The van der Waals surface area contributed by atoms with Gasteiger partial charge in [-0.15, -0.1) is 0 Å². The van der Waals surface area contributed by atoms with Crippen molar-refractivity contribution in [3.63, 3.8) is 0 Å². The zero-order valence-corrected chi connectivity index (χ0v) is 27.8. The summed E-state index contributed by atoms with van der Waals surface area (Å²) in [4.78, 5) is 40.9. The zero-order valence-electron chi connectivity index (χ0n) is 26.8. The Morgan fingerprint density at radius 3 is 1.27 bits per heavy atom. The Kier molecular flexibility index (Phi) is 7.71. The molecule has 9 rings (SSSR count). The van der Waals surface area contributed by atoms with Crippen LogP contribution in [0.15, 0.2) is 127 Å². The number of nitrogens with zero attached hydrogens (tertiary/aromatic N) is 8. The van der Waals surface area contributed by atoms with Gasteiger partial charge in [-0.3, -0.25) is 0 Å². The quantitative estimate of drug-likeness (QED) is 0.245. The van der Waals surface area contributed by atoms with Crippen LogP contribution in [0.5, 0.6) is 0 Å². The summed E-state index contributed by atoms with van der Waals surface area (Å²) in [6.45, 7) is 4.98. The Bertz CT molecular complexity index is 2410. The van der Waals surface area contributed by atoms with E-state index in [0.717, 1.165) is 56.6 Å². The fourth-order valence-electron chi connectivity index (χ4n) is 6.58. The first-order chi connectivity index (χ1) is 23.6. The third-order valence-corrected chi connectivity index (χ3v) is 8.75. The number of ether oxygens (including phenoxy) is 2. The fraction of sp³-hybridized carbons (Fsp3) is 0.211. The van der Waals surface area contributed by atoms with Crippen molar-refractivity contribution in [3.8, 4) is 0 Å². The van der Waals surface area contributed by atoms with Crippen LogP contribution in [-0.2, 0) is 37.7 Å². The monoisotopic (exact) mass is 688 g/mol. The second kappa shape index (κ2) is 12.1. The van der Waals surface area contributed by atoms with E-state index in [9.17, 15) is 0 Å². The minimum Gasteiger partial charge on any atom is -0.357 e. The predicted molar refractivity (Wildman–Crippen MR) is 181 cm³/mol. The smallest absolute Gasteiger partial charge is 0.357 e. The van der Waals surface area contributed by atoms with Gasteiger partial charge in [-0.25, -0.2) is 9.98 Å². The van der Waals surface area contributed by atoms with Gasteiger partial charge in [0.15, 0.2) is 0 Å². The van der Waals surface area contributed by atoms with Gasteiger partial charge in [0.2, 0.25) is 11.7 Å². The molecule has 8 bridgehead atoms. The maximum absolute atomic E-state index is 6.56. The van der Waals surface area contributed by atoms with Gasteiger partial charge >= 0.3 is 16.5 Å². The van der Waals surface area contributed by atoms with Crippen LogP contribution in [0.2, 0.25) is 0 Å². The largest absolute Gasteiger partial charge is 2.00 e. The Hall–Kier alpha value is -5.09. The van der Waals surface area contributed by atoms with Crippen molar-refractivity contribution < 1.29 is 26.0 Å².